The van der Waals surface area contributed by atoms with Gasteiger partial charge in [-0.2, -0.15) is 5.10 Å². The van der Waals surface area contributed by atoms with E-state index >= 15 is 0 Å². The van der Waals surface area contributed by atoms with Crippen molar-refractivity contribution in [3.63, 3.8) is 0 Å². The molecule has 7 nitrogen and oxygen atoms in total. The molecule has 2 aliphatic rings. The summed E-state index contributed by atoms with van der Waals surface area (Å²) < 4.78 is 1.97. The lowest BCUT2D eigenvalue weighted by Gasteiger charge is -2.23. The van der Waals surface area contributed by atoms with Crippen molar-refractivity contribution in [2.75, 3.05) is 18.4 Å². The Bertz CT molecular complexity index is 684. The Kier molecular flexibility index (Phi) is 5.25. The first-order valence-corrected chi connectivity index (χ1v) is 9.74. The monoisotopic (exact) mass is 362 g/mol. The summed E-state index contributed by atoms with van der Waals surface area (Å²) in [6, 6.07) is -0.211. The van der Waals surface area contributed by atoms with Gasteiger partial charge < -0.3 is 15.3 Å². The predicted octanol–water partition coefficient (Wildman–Crippen LogP) is 3.53. The van der Waals surface area contributed by atoms with E-state index in [9.17, 15) is 14.7 Å². The lowest BCUT2D eigenvalue weighted by molar-refractivity contribution is -0.149. The van der Waals surface area contributed by atoms with Crippen LogP contribution in [0, 0.1) is 11.3 Å². The van der Waals surface area contributed by atoms with Crippen LogP contribution in [0.2, 0.25) is 0 Å². The molecule has 1 saturated heterocycles. The third kappa shape index (κ3) is 3.19. The molecule has 7 heteroatoms. The fourth-order valence-electron chi connectivity index (χ4n) is 4.57. The maximum atomic E-state index is 12.8. The number of carbonyl (C=O) groups is 2. The van der Waals surface area contributed by atoms with Gasteiger partial charge in [0.1, 0.15) is 0 Å². The van der Waals surface area contributed by atoms with E-state index in [1.165, 1.54) is 0 Å². The van der Waals surface area contributed by atoms with Crippen LogP contribution >= 0.6 is 0 Å². The number of aryl methyl sites for hydroxylation is 1. The average molecular weight is 362 g/mol. The number of unbranched alkanes of at least 4 members (excludes halogenated alkanes) is 1. The molecule has 0 aromatic carbocycles. The SMILES string of the molecule is CCCCn1ncc(NC(=O)N2C[C@@H]3CCC[C@@]3(C(=O)O)C2)c1C(C)C. The van der Waals surface area contributed by atoms with Crippen LogP contribution in [0.25, 0.3) is 0 Å². The first-order chi connectivity index (χ1) is 12.4. The molecule has 2 fully saturated rings. The van der Waals surface area contributed by atoms with Crippen molar-refractivity contribution in [1.82, 2.24) is 14.7 Å². The van der Waals surface area contributed by atoms with E-state index < -0.39 is 11.4 Å². The van der Waals surface area contributed by atoms with Crippen molar-refractivity contribution in [3.8, 4) is 0 Å². The number of anilines is 1. The van der Waals surface area contributed by atoms with Gasteiger partial charge in [0.25, 0.3) is 0 Å². The molecule has 144 valence electrons. The Morgan fingerprint density at radius 3 is 2.85 bits per heavy atom. The highest BCUT2D eigenvalue weighted by molar-refractivity contribution is 5.91. The number of urea groups is 1. The van der Waals surface area contributed by atoms with Gasteiger partial charge in [-0.15, -0.1) is 0 Å². The summed E-state index contributed by atoms with van der Waals surface area (Å²) in [5.41, 5.74) is 1.02. The number of aliphatic carboxylic acids is 1. The van der Waals surface area contributed by atoms with Gasteiger partial charge in [-0.25, -0.2) is 4.79 Å². The van der Waals surface area contributed by atoms with Crippen LogP contribution in [-0.4, -0.2) is 44.9 Å². The third-order valence-corrected chi connectivity index (χ3v) is 5.98. The molecule has 26 heavy (non-hydrogen) atoms. The number of hydrogen-bond acceptors (Lipinski definition) is 3. The first-order valence-electron chi connectivity index (χ1n) is 9.74. The van der Waals surface area contributed by atoms with E-state index in [2.05, 4.69) is 31.2 Å². The third-order valence-electron chi connectivity index (χ3n) is 5.98. The number of rotatable bonds is 6. The molecule has 2 heterocycles. The molecule has 3 rings (SSSR count). The minimum Gasteiger partial charge on any atom is -0.481 e. The molecule has 1 saturated carbocycles. The number of amides is 2. The molecule has 0 radical (unpaired) electrons. The number of carboxylic acids is 1. The summed E-state index contributed by atoms with van der Waals surface area (Å²) in [4.78, 5) is 26.3. The summed E-state index contributed by atoms with van der Waals surface area (Å²) in [5, 5.41) is 17.1. The van der Waals surface area contributed by atoms with Crippen molar-refractivity contribution in [2.24, 2.45) is 11.3 Å². The second-order valence-electron chi connectivity index (χ2n) is 8.04. The maximum Gasteiger partial charge on any atom is 0.321 e. The van der Waals surface area contributed by atoms with Gasteiger partial charge in [-0.3, -0.25) is 9.48 Å². The maximum absolute atomic E-state index is 12.8. The zero-order chi connectivity index (χ0) is 18.9. The lowest BCUT2D eigenvalue weighted by Crippen LogP contribution is -2.38. The van der Waals surface area contributed by atoms with Crippen molar-refractivity contribution in [2.45, 2.75) is 65.3 Å². The highest BCUT2D eigenvalue weighted by Crippen LogP contribution is 2.49. The topological polar surface area (TPSA) is 87.5 Å². The second-order valence-corrected chi connectivity index (χ2v) is 8.04. The van der Waals surface area contributed by atoms with Crippen LogP contribution in [0.15, 0.2) is 6.20 Å². The number of nitrogens with one attached hydrogen (secondary N) is 1. The number of likely N-dealkylation sites (tertiary alicyclic amines) is 1. The number of carboxylic acid groups (broad SMARTS) is 1. The van der Waals surface area contributed by atoms with Crippen molar-refractivity contribution in [3.05, 3.63) is 11.9 Å². The number of nitrogens with zero attached hydrogens (tertiary/aromatic N) is 3. The molecule has 0 spiro atoms. The fourth-order valence-corrected chi connectivity index (χ4v) is 4.57. The molecule has 1 aromatic rings. The summed E-state index contributed by atoms with van der Waals surface area (Å²) in [6.07, 6.45) is 6.35. The molecule has 2 atom stereocenters. The predicted molar refractivity (Wildman–Crippen MR) is 99.2 cm³/mol. The van der Waals surface area contributed by atoms with Crippen molar-refractivity contribution in [1.29, 1.82) is 0 Å². The summed E-state index contributed by atoms with van der Waals surface area (Å²) in [5.74, 6) is -0.443. The van der Waals surface area contributed by atoms with Gasteiger partial charge in [0.15, 0.2) is 0 Å². The van der Waals surface area contributed by atoms with Gasteiger partial charge in [0, 0.05) is 19.6 Å². The fraction of sp³-hybridized carbons (Fsp3) is 0.737. The van der Waals surface area contributed by atoms with Gasteiger partial charge in [-0.1, -0.05) is 33.6 Å². The van der Waals surface area contributed by atoms with Crippen LogP contribution in [0.5, 0.6) is 0 Å². The van der Waals surface area contributed by atoms with Crippen LogP contribution < -0.4 is 5.32 Å². The van der Waals surface area contributed by atoms with E-state index in [-0.39, 0.29) is 17.9 Å². The summed E-state index contributed by atoms with van der Waals surface area (Å²) >= 11 is 0. The average Bonchev–Trinajstić information content (AvgIpc) is 3.24. The van der Waals surface area contributed by atoms with Crippen LogP contribution in [-0.2, 0) is 11.3 Å². The molecule has 0 bridgehead atoms. The first kappa shape index (κ1) is 18.7. The second kappa shape index (κ2) is 7.29. The quantitative estimate of drug-likeness (QED) is 0.810. The standard InChI is InChI=1S/C19H30N4O3/c1-4-5-9-23-16(13(2)3)15(10-20-23)21-18(26)22-11-14-7-6-8-19(14,12-22)17(24)25/h10,13-14H,4-9,11-12H2,1-3H3,(H,21,26)(H,24,25)/t14-,19+/m0/s1. The Morgan fingerprint density at radius 1 is 1.46 bits per heavy atom. The van der Waals surface area contributed by atoms with Gasteiger partial charge in [0.05, 0.1) is 23.0 Å². The Balaban J connectivity index is 1.73. The van der Waals surface area contributed by atoms with E-state index in [0.29, 0.717) is 19.5 Å². The lowest BCUT2D eigenvalue weighted by atomic mass is 9.81. The zero-order valence-corrected chi connectivity index (χ0v) is 16.0. The highest BCUT2D eigenvalue weighted by Gasteiger charge is 2.55. The molecular formula is C19H30N4O3. The minimum atomic E-state index is -0.759. The van der Waals surface area contributed by atoms with Crippen LogP contribution in [0.3, 0.4) is 0 Å². The number of carbonyl (C=O) groups excluding carboxylic acids is 1. The Morgan fingerprint density at radius 2 is 2.23 bits per heavy atom. The Labute approximate surface area is 154 Å². The normalized spacial score (nSPS) is 24.9. The molecule has 1 aliphatic heterocycles. The minimum absolute atomic E-state index is 0.0718. The molecule has 1 aromatic heterocycles. The molecule has 0 unspecified atom stereocenters. The zero-order valence-electron chi connectivity index (χ0n) is 16.0. The van der Waals surface area contributed by atoms with E-state index in [0.717, 1.165) is 43.6 Å². The molecule has 1 aliphatic carbocycles. The van der Waals surface area contributed by atoms with Crippen molar-refractivity contribution < 1.29 is 14.7 Å². The van der Waals surface area contributed by atoms with Gasteiger partial charge in [0.2, 0.25) is 0 Å². The van der Waals surface area contributed by atoms with Crippen LogP contribution in [0.1, 0.15) is 64.5 Å². The van der Waals surface area contributed by atoms with E-state index in [4.69, 9.17) is 0 Å². The van der Waals surface area contributed by atoms with Crippen molar-refractivity contribution >= 4 is 17.7 Å². The van der Waals surface area contributed by atoms with E-state index in [1.807, 2.05) is 4.68 Å². The number of hydrogen-bond donors (Lipinski definition) is 2. The number of fused-ring (bicyclic) bond motifs is 1. The summed E-state index contributed by atoms with van der Waals surface area (Å²) in [6.45, 7) is 8.00. The molecule has 2 N–H and O–H groups in total. The number of aromatic nitrogens is 2. The molecular weight excluding hydrogens is 332 g/mol. The van der Waals surface area contributed by atoms with Gasteiger partial charge >= 0.3 is 12.0 Å². The molecule has 2 amide bonds. The summed E-state index contributed by atoms with van der Waals surface area (Å²) in [7, 11) is 0. The van der Waals surface area contributed by atoms with E-state index in [1.54, 1.807) is 11.1 Å². The largest absolute Gasteiger partial charge is 0.481 e. The highest BCUT2D eigenvalue weighted by atomic mass is 16.4. The van der Waals surface area contributed by atoms with Gasteiger partial charge in [-0.05, 0) is 31.1 Å². The van der Waals surface area contributed by atoms with Crippen LogP contribution in [0.4, 0.5) is 10.5 Å². The smallest absolute Gasteiger partial charge is 0.321 e. The Hall–Kier alpha value is -2.05.